The fourth-order valence-corrected chi connectivity index (χ4v) is 2.23. The normalized spacial score (nSPS) is 11.3. The van der Waals surface area contributed by atoms with Crippen LogP contribution in [0.3, 0.4) is 0 Å². The van der Waals surface area contributed by atoms with E-state index in [0.29, 0.717) is 0 Å². The quantitative estimate of drug-likeness (QED) is 0.561. The maximum absolute atomic E-state index is 11.1. The first kappa shape index (κ1) is 13.0. The molecule has 1 aromatic carbocycles. The smallest absolute Gasteiger partial charge is 0.271 e. The van der Waals surface area contributed by atoms with Crippen molar-refractivity contribution in [3.63, 3.8) is 0 Å². The second-order valence-corrected chi connectivity index (χ2v) is 4.63. The van der Waals surface area contributed by atoms with Gasteiger partial charge in [0, 0.05) is 29.2 Å². The summed E-state index contributed by atoms with van der Waals surface area (Å²) in [6, 6.07) is 8.11. The van der Waals surface area contributed by atoms with Gasteiger partial charge in [0.2, 0.25) is 5.95 Å². The number of nitrogens with one attached hydrogen (secondary N) is 2. The lowest BCUT2D eigenvalue weighted by molar-refractivity contribution is 0.916. The van der Waals surface area contributed by atoms with Crippen LogP contribution in [0.2, 0.25) is 0 Å². The van der Waals surface area contributed by atoms with Crippen molar-refractivity contribution in [3.05, 3.63) is 52.1 Å². The third kappa shape index (κ3) is 2.40. The van der Waals surface area contributed by atoms with Gasteiger partial charge in [-0.05, 0) is 13.0 Å². The summed E-state index contributed by atoms with van der Waals surface area (Å²) in [5.41, 5.74) is 5.61. The van der Waals surface area contributed by atoms with Crippen molar-refractivity contribution >= 4 is 23.1 Å². The highest BCUT2D eigenvalue weighted by atomic mass is 16.1. The van der Waals surface area contributed by atoms with Crippen LogP contribution in [0.5, 0.6) is 0 Å². The summed E-state index contributed by atoms with van der Waals surface area (Å²) in [4.78, 5) is 13.6. The number of rotatable bonds is 3. The molecule has 0 aliphatic carbocycles. The number of aryl methyl sites for hydroxylation is 1. The summed E-state index contributed by atoms with van der Waals surface area (Å²) in [5.74, 6) is 0.205. The monoisotopic (exact) mass is 282 g/mol. The van der Waals surface area contributed by atoms with Gasteiger partial charge >= 0.3 is 0 Å². The van der Waals surface area contributed by atoms with Crippen LogP contribution in [-0.4, -0.2) is 26.0 Å². The third-order valence-electron chi connectivity index (χ3n) is 3.39. The lowest BCUT2D eigenvalue weighted by Crippen LogP contribution is -2.10. The third-order valence-corrected chi connectivity index (χ3v) is 3.39. The van der Waals surface area contributed by atoms with Gasteiger partial charge in [-0.2, -0.15) is 5.10 Å². The molecule has 2 N–H and O–H groups in total. The number of H-pyrrole nitrogens is 1. The van der Waals surface area contributed by atoms with Crippen LogP contribution in [-0.2, 0) is 7.05 Å². The summed E-state index contributed by atoms with van der Waals surface area (Å²) in [7, 11) is 2.02. The van der Waals surface area contributed by atoms with Crippen molar-refractivity contribution in [1.29, 1.82) is 0 Å². The predicted octanol–water partition coefficient (Wildman–Crippen LogP) is 1.41. The number of para-hydroxylation sites is 1. The van der Waals surface area contributed by atoms with Gasteiger partial charge in [-0.15, -0.1) is 10.2 Å². The fraction of sp³-hybridized carbons (Fsp3) is 0.143. The number of nitrogens with zero attached hydrogens (tertiary/aromatic N) is 4. The van der Waals surface area contributed by atoms with Gasteiger partial charge in [0.05, 0.1) is 6.21 Å². The topological polar surface area (TPSA) is 88.0 Å². The number of aromatic nitrogens is 4. The van der Waals surface area contributed by atoms with Crippen molar-refractivity contribution in [1.82, 2.24) is 19.7 Å². The molecule has 21 heavy (non-hydrogen) atoms. The summed E-state index contributed by atoms with van der Waals surface area (Å²) in [5, 5.41) is 12.5. The van der Waals surface area contributed by atoms with Crippen LogP contribution in [0.1, 0.15) is 11.3 Å². The molecule has 106 valence electrons. The highest BCUT2D eigenvalue weighted by Gasteiger charge is 2.09. The number of hydrazone groups is 1. The van der Waals surface area contributed by atoms with E-state index in [1.54, 1.807) is 6.21 Å². The Bertz CT molecular complexity index is 877. The van der Waals surface area contributed by atoms with Gasteiger partial charge in [0.25, 0.3) is 5.56 Å². The Labute approximate surface area is 120 Å². The zero-order valence-electron chi connectivity index (χ0n) is 11.7. The zero-order valence-corrected chi connectivity index (χ0v) is 11.7. The SMILES string of the molecule is Cc1c(/C=N/Nc2nncc(=O)[nH]2)c2ccccc2n1C. The molecule has 0 aliphatic rings. The maximum Gasteiger partial charge on any atom is 0.271 e. The molecule has 0 bridgehead atoms. The van der Waals surface area contributed by atoms with E-state index in [1.165, 1.54) is 0 Å². The molecule has 3 rings (SSSR count). The number of benzene rings is 1. The summed E-state index contributed by atoms with van der Waals surface area (Å²) in [6.07, 6.45) is 2.81. The van der Waals surface area contributed by atoms with E-state index in [9.17, 15) is 4.79 Å². The van der Waals surface area contributed by atoms with Gasteiger partial charge in [0.1, 0.15) is 6.20 Å². The minimum atomic E-state index is -0.330. The highest BCUT2D eigenvalue weighted by molar-refractivity contribution is 6.01. The fourth-order valence-electron chi connectivity index (χ4n) is 2.23. The van der Waals surface area contributed by atoms with E-state index in [-0.39, 0.29) is 11.5 Å². The Morgan fingerprint density at radius 3 is 3.00 bits per heavy atom. The van der Waals surface area contributed by atoms with Crippen LogP contribution < -0.4 is 11.0 Å². The molecule has 0 unspecified atom stereocenters. The molecule has 0 fully saturated rings. The molecule has 0 spiro atoms. The zero-order chi connectivity index (χ0) is 14.8. The summed E-state index contributed by atoms with van der Waals surface area (Å²) >= 11 is 0. The van der Waals surface area contributed by atoms with E-state index in [2.05, 4.69) is 36.3 Å². The summed E-state index contributed by atoms with van der Waals surface area (Å²) < 4.78 is 2.11. The molecule has 0 atom stereocenters. The molecule has 0 radical (unpaired) electrons. The van der Waals surface area contributed by atoms with Gasteiger partial charge in [-0.1, -0.05) is 18.2 Å². The minimum Gasteiger partial charge on any atom is -0.347 e. The number of hydrogen-bond donors (Lipinski definition) is 2. The summed E-state index contributed by atoms with van der Waals surface area (Å²) in [6.45, 7) is 2.03. The first-order valence-electron chi connectivity index (χ1n) is 6.42. The van der Waals surface area contributed by atoms with E-state index in [0.717, 1.165) is 28.4 Å². The van der Waals surface area contributed by atoms with Gasteiger partial charge in [-0.3, -0.25) is 9.78 Å². The van der Waals surface area contributed by atoms with Crippen LogP contribution in [0.4, 0.5) is 5.95 Å². The number of fused-ring (bicyclic) bond motifs is 1. The Balaban J connectivity index is 1.93. The molecule has 0 saturated heterocycles. The van der Waals surface area contributed by atoms with Crippen LogP contribution in [0.25, 0.3) is 10.9 Å². The van der Waals surface area contributed by atoms with Crippen molar-refractivity contribution in [2.24, 2.45) is 12.1 Å². The van der Waals surface area contributed by atoms with Gasteiger partial charge in [-0.25, -0.2) is 5.43 Å². The molecule has 2 aromatic heterocycles. The average molecular weight is 282 g/mol. The lowest BCUT2D eigenvalue weighted by Gasteiger charge is -1.98. The minimum absolute atomic E-state index is 0.205. The molecule has 3 aromatic rings. The Kier molecular flexibility index (Phi) is 3.23. The maximum atomic E-state index is 11.1. The van der Waals surface area contributed by atoms with Gasteiger partial charge in [0.15, 0.2) is 0 Å². The molecular formula is C14H14N6O. The van der Waals surface area contributed by atoms with Crippen LogP contribution in [0.15, 0.2) is 40.4 Å². The number of hydrogen-bond acceptors (Lipinski definition) is 5. The first-order chi connectivity index (χ1) is 10.2. The van der Waals surface area contributed by atoms with E-state index in [1.807, 2.05) is 32.2 Å². The highest BCUT2D eigenvalue weighted by Crippen LogP contribution is 2.22. The predicted molar refractivity (Wildman–Crippen MR) is 81.5 cm³/mol. The number of aromatic amines is 1. The molecule has 7 heteroatoms. The van der Waals surface area contributed by atoms with Crippen molar-refractivity contribution in [2.75, 3.05) is 5.43 Å². The molecule has 0 aliphatic heterocycles. The second kappa shape index (κ2) is 5.20. The van der Waals surface area contributed by atoms with E-state index < -0.39 is 0 Å². The standard InChI is InChI=1S/C14H14N6O/c1-9-11(10-5-3-4-6-12(10)20(9)2)7-15-18-14-17-13(21)8-16-19-14/h3-8H,1-2H3,(H2,17,18,19,21)/b15-7+. The Morgan fingerprint density at radius 1 is 1.38 bits per heavy atom. The molecule has 0 amide bonds. The van der Waals surface area contributed by atoms with Crippen LogP contribution >= 0.6 is 0 Å². The average Bonchev–Trinajstić information content (AvgIpc) is 2.73. The van der Waals surface area contributed by atoms with Crippen molar-refractivity contribution < 1.29 is 0 Å². The Hall–Kier alpha value is -2.96. The molecule has 2 heterocycles. The first-order valence-corrected chi connectivity index (χ1v) is 6.42. The van der Waals surface area contributed by atoms with E-state index in [4.69, 9.17) is 0 Å². The number of anilines is 1. The van der Waals surface area contributed by atoms with Crippen molar-refractivity contribution in [3.8, 4) is 0 Å². The van der Waals surface area contributed by atoms with E-state index >= 15 is 0 Å². The molecule has 0 saturated carbocycles. The van der Waals surface area contributed by atoms with Crippen LogP contribution in [0, 0.1) is 6.92 Å². The molecule has 7 nitrogen and oxygen atoms in total. The largest absolute Gasteiger partial charge is 0.347 e. The van der Waals surface area contributed by atoms with Gasteiger partial charge < -0.3 is 4.57 Å². The Morgan fingerprint density at radius 2 is 2.19 bits per heavy atom. The second-order valence-electron chi connectivity index (χ2n) is 4.63. The molecular weight excluding hydrogens is 268 g/mol. The lowest BCUT2D eigenvalue weighted by atomic mass is 10.1. The van der Waals surface area contributed by atoms with Crippen molar-refractivity contribution in [2.45, 2.75) is 6.92 Å².